The molecular formula is C19H19N3O3S. The standard InChI is InChI=1S/C19H19N3O3S/c1-12(18-22-14-4-2-3-5-17(14)26-18)11-20-19(23)21-13-6-7-15-16(10-13)25-9-8-24-15/h2-7,10,12H,8-9,11H2,1H3,(H2,20,21,23)/t12-/m0/s1. The van der Waals surface area contributed by atoms with Crippen LogP contribution in [0.3, 0.4) is 0 Å². The van der Waals surface area contributed by atoms with Gasteiger partial charge in [0.05, 0.1) is 15.2 Å². The zero-order chi connectivity index (χ0) is 17.9. The van der Waals surface area contributed by atoms with Gasteiger partial charge >= 0.3 is 6.03 Å². The quantitative estimate of drug-likeness (QED) is 0.729. The fourth-order valence-corrected chi connectivity index (χ4v) is 3.75. The van der Waals surface area contributed by atoms with Crippen molar-refractivity contribution < 1.29 is 14.3 Å². The molecule has 0 bridgehead atoms. The second kappa shape index (κ2) is 7.21. The van der Waals surface area contributed by atoms with E-state index in [0.29, 0.717) is 36.9 Å². The number of carbonyl (C=O) groups is 1. The van der Waals surface area contributed by atoms with Crippen molar-refractivity contribution in [3.63, 3.8) is 0 Å². The van der Waals surface area contributed by atoms with Gasteiger partial charge in [0.25, 0.3) is 0 Å². The third-order valence-corrected chi connectivity index (χ3v) is 5.37. The van der Waals surface area contributed by atoms with E-state index in [1.54, 1.807) is 29.5 Å². The maximum Gasteiger partial charge on any atom is 0.319 e. The maximum atomic E-state index is 12.2. The Morgan fingerprint density at radius 3 is 2.85 bits per heavy atom. The molecule has 0 saturated heterocycles. The van der Waals surface area contributed by atoms with Crippen LogP contribution in [0.15, 0.2) is 42.5 Å². The molecule has 0 fully saturated rings. The molecule has 1 aromatic heterocycles. The molecule has 1 aliphatic heterocycles. The number of rotatable bonds is 4. The lowest BCUT2D eigenvalue weighted by Crippen LogP contribution is -2.31. The van der Waals surface area contributed by atoms with Crippen LogP contribution in [0.5, 0.6) is 11.5 Å². The molecule has 134 valence electrons. The van der Waals surface area contributed by atoms with E-state index < -0.39 is 0 Å². The SMILES string of the molecule is C[C@@H](CNC(=O)Nc1ccc2c(c1)OCCO2)c1nc2ccccc2s1. The molecule has 2 heterocycles. The molecule has 0 radical (unpaired) electrons. The van der Waals surface area contributed by atoms with Crippen molar-refractivity contribution in [3.8, 4) is 11.5 Å². The Kier molecular flexibility index (Phi) is 4.62. The van der Waals surface area contributed by atoms with Crippen LogP contribution in [0.1, 0.15) is 17.8 Å². The Bertz CT molecular complexity index is 908. The number of nitrogens with one attached hydrogen (secondary N) is 2. The predicted octanol–water partition coefficient (Wildman–Crippen LogP) is 3.99. The van der Waals surface area contributed by atoms with Gasteiger partial charge in [0.2, 0.25) is 0 Å². The Labute approximate surface area is 155 Å². The van der Waals surface area contributed by atoms with Gasteiger partial charge in [0.1, 0.15) is 13.2 Å². The molecule has 26 heavy (non-hydrogen) atoms. The van der Waals surface area contributed by atoms with Crippen LogP contribution in [-0.4, -0.2) is 30.8 Å². The summed E-state index contributed by atoms with van der Waals surface area (Å²) in [5.74, 6) is 1.49. The van der Waals surface area contributed by atoms with Gasteiger partial charge in [-0.1, -0.05) is 19.1 Å². The lowest BCUT2D eigenvalue weighted by molar-refractivity contribution is 0.171. The first kappa shape index (κ1) is 16.7. The second-order valence-corrected chi connectivity index (χ2v) is 7.18. The first-order chi connectivity index (χ1) is 12.7. The first-order valence-electron chi connectivity index (χ1n) is 8.49. The van der Waals surface area contributed by atoms with Gasteiger partial charge in [-0.25, -0.2) is 9.78 Å². The van der Waals surface area contributed by atoms with Crippen molar-refractivity contribution >= 4 is 33.3 Å². The monoisotopic (exact) mass is 369 g/mol. The van der Waals surface area contributed by atoms with Crippen LogP contribution in [0.2, 0.25) is 0 Å². The molecule has 1 aliphatic rings. The lowest BCUT2D eigenvalue weighted by Gasteiger charge is -2.19. The minimum Gasteiger partial charge on any atom is -0.486 e. The number of aromatic nitrogens is 1. The van der Waals surface area contributed by atoms with Crippen LogP contribution >= 0.6 is 11.3 Å². The average molecular weight is 369 g/mol. The van der Waals surface area contributed by atoms with E-state index in [1.165, 1.54) is 0 Å². The Morgan fingerprint density at radius 2 is 2.00 bits per heavy atom. The summed E-state index contributed by atoms with van der Waals surface area (Å²) in [4.78, 5) is 16.8. The second-order valence-electron chi connectivity index (χ2n) is 6.11. The van der Waals surface area contributed by atoms with E-state index >= 15 is 0 Å². The average Bonchev–Trinajstić information content (AvgIpc) is 3.10. The van der Waals surface area contributed by atoms with E-state index in [-0.39, 0.29) is 11.9 Å². The summed E-state index contributed by atoms with van der Waals surface area (Å²) in [7, 11) is 0. The maximum absolute atomic E-state index is 12.2. The number of hydrogen-bond acceptors (Lipinski definition) is 5. The molecule has 0 aliphatic carbocycles. The molecule has 0 saturated carbocycles. The fraction of sp³-hybridized carbons (Fsp3) is 0.263. The lowest BCUT2D eigenvalue weighted by atomic mass is 10.2. The van der Waals surface area contributed by atoms with Gasteiger partial charge in [0.15, 0.2) is 11.5 Å². The minimum atomic E-state index is -0.255. The van der Waals surface area contributed by atoms with Crippen molar-refractivity contribution in [1.82, 2.24) is 10.3 Å². The Hall–Kier alpha value is -2.80. The van der Waals surface area contributed by atoms with Crippen LogP contribution < -0.4 is 20.1 Å². The fourth-order valence-electron chi connectivity index (χ4n) is 2.73. The van der Waals surface area contributed by atoms with E-state index in [9.17, 15) is 4.79 Å². The largest absolute Gasteiger partial charge is 0.486 e. The highest BCUT2D eigenvalue weighted by Crippen LogP contribution is 2.32. The molecule has 3 aromatic rings. The number of anilines is 1. The molecule has 7 heteroatoms. The molecule has 2 N–H and O–H groups in total. The number of urea groups is 1. The van der Waals surface area contributed by atoms with E-state index in [2.05, 4.69) is 28.6 Å². The number of amides is 2. The number of carbonyl (C=O) groups excluding carboxylic acids is 1. The van der Waals surface area contributed by atoms with Crippen molar-refractivity contribution in [2.75, 3.05) is 25.1 Å². The molecule has 2 aromatic carbocycles. The summed E-state index contributed by atoms with van der Waals surface area (Å²) >= 11 is 1.66. The summed E-state index contributed by atoms with van der Waals surface area (Å²) in [6.45, 7) is 3.63. The van der Waals surface area contributed by atoms with Crippen molar-refractivity contribution in [1.29, 1.82) is 0 Å². The summed E-state index contributed by atoms with van der Waals surface area (Å²) in [5, 5.41) is 6.74. The van der Waals surface area contributed by atoms with Gasteiger partial charge in [-0.05, 0) is 24.3 Å². The summed E-state index contributed by atoms with van der Waals surface area (Å²) < 4.78 is 12.2. The molecule has 1 atom stereocenters. The molecule has 6 nitrogen and oxygen atoms in total. The summed E-state index contributed by atoms with van der Waals surface area (Å²) in [6.07, 6.45) is 0. The number of thiazole rings is 1. The number of hydrogen-bond donors (Lipinski definition) is 2. The minimum absolute atomic E-state index is 0.137. The van der Waals surface area contributed by atoms with Crippen LogP contribution in [0.4, 0.5) is 10.5 Å². The highest BCUT2D eigenvalue weighted by molar-refractivity contribution is 7.18. The smallest absolute Gasteiger partial charge is 0.319 e. The zero-order valence-electron chi connectivity index (χ0n) is 14.3. The normalized spacial score (nSPS) is 14.0. The van der Waals surface area contributed by atoms with Gasteiger partial charge < -0.3 is 20.1 Å². The number of para-hydroxylation sites is 1. The highest BCUT2D eigenvalue weighted by atomic mass is 32.1. The Morgan fingerprint density at radius 1 is 1.19 bits per heavy atom. The van der Waals surface area contributed by atoms with Crippen LogP contribution in [0.25, 0.3) is 10.2 Å². The van der Waals surface area contributed by atoms with Crippen molar-refractivity contribution in [2.45, 2.75) is 12.8 Å². The van der Waals surface area contributed by atoms with Crippen molar-refractivity contribution in [3.05, 3.63) is 47.5 Å². The molecular weight excluding hydrogens is 350 g/mol. The van der Waals surface area contributed by atoms with Crippen LogP contribution in [0, 0.1) is 0 Å². The van der Waals surface area contributed by atoms with Gasteiger partial charge in [-0.2, -0.15) is 0 Å². The van der Waals surface area contributed by atoms with Gasteiger partial charge in [-0.3, -0.25) is 0 Å². The predicted molar refractivity (Wildman–Crippen MR) is 102 cm³/mol. The summed E-state index contributed by atoms with van der Waals surface area (Å²) in [5.41, 5.74) is 1.67. The number of benzene rings is 2. The van der Waals surface area contributed by atoms with E-state index in [0.717, 1.165) is 15.2 Å². The molecule has 0 unspecified atom stereocenters. The third-order valence-electron chi connectivity index (χ3n) is 4.10. The third kappa shape index (κ3) is 3.57. The zero-order valence-corrected chi connectivity index (χ0v) is 15.1. The summed E-state index contributed by atoms with van der Waals surface area (Å²) in [6, 6.07) is 13.2. The highest BCUT2D eigenvalue weighted by Gasteiger charge is 2.15. The number of nitrogens with zero attached hydrogens (tertiary/aromatic N) is 1. The number of ether oxygens (including phenoxy) is 2. The van der Waals surface area contributed by atoms with Gasteiger partial charge in [0, 0.05) is 24.2 Å². The number of fused-ring (bicyclic) bond motifs is 2. The Balaban J connectivity index is 1.34. The van der Waals surface area contributed by atoms with E-state index in [4.69, 9.17) is 9.47 Å². The molecule has 2 amide bonds. The van der Waals surface area contributed by atoms with Gasteiger partial charge in [-0.15, -0.1) is 11.3 Å². The first-order valence-corrected chi connectivity index (χ1v) is 9.30. The van der Waals surface area contributed by atoms with Crippen molar-refractivity contribution in [2.24, 2.45) is 0 Å². The molecule has 0 spiro atoms. The topological polar surface area (TPSA) is 72.5 Å². The van der Waals surface area contributed by atoms with E-state index in [1.807, 2.05) is 18.2 Å². The molecule has 4 rings (SSSR count). The van der Waals surface area contributed by atoms with Crippen LogP contribution in [-0.2, 0) is 0 Å².